The molecule has 0 unspecified atom stereocenters. The van der Waals surface area contributed by atoms with E-state index in [0.29, 0.717) is 23.1 Å². The van der Waals surface area contributed by atoms with Gasteiger partial charge >= 0.3 is 12.1 Å². The largest absolute Gasteiger partial charge is 0.412 e. The van der Waals surface area contributed by atoms with Crippen molar-refractivity contribution in [3.63, 3.8) is 0 Å². The number of aryl methyl sites for hydroxylation is 2. The first-order chi connectivity index (χ1) is 9.95. The molecule has 0 bridgehead atoms. The van der Waals surface area contributed by atoms with Gasteiger partial charge in [-0.25, -0.2) is 4.79 Å². The van der Waals surface area contributed by atoms with Crippen LogP contribution in [0, 0.1) is 6.92 Å². The molecule has 1 heterocycles. The molecule has 1 aromatic heterocycles. The van der Waals surface area contributed by atoms with Gasteiger partial charge < -0.3 is 16.2 Å². The Balaban J connectivity index is 2.68. The maximum Gasteiger partial charge on any atom is 0.412 e. The molecular formula is C14H18N4O3. The number of hydrogen-bond donors (Lipinski definition) is 2. The van der Waals surface area contributed by atoms with Gasteiger partial charge in [0.15, 0.2) is 0 Å². The van der Waals surface area contributed by atoms with E-state index in [1.165, 1.54) is 0 Å². The second kappa shape index (κ2) is 5.82. The van der Waals surface area contributed by atoms with E-state index in [2.05, 4.69) is 4.98 Å². The molecule has 0 aliphatic carbocycles. The lowest BCUT2D eigenvalue weighted by atomic mass is 10.1. The van der Waals surface area contributed by atoms with Gasteiger partial charge in [0.1, 0.15) is 5.52 Å². The molecule has 21 heavy (non-hydrogen) atoms. The Morgan fingerprint density at radius 3 is 2.62 bits per heavy atom. The Labute approximate surface area is 121 Å². The summed E-state index contributed by atoms with van der Waals surface area (Å²) in [5.74, 6) is -0.566. The van der Waals surface area contributed by atoms with Gasteiger partial charge in [-0.05, 0) is 25.0 Å². The summed E-state index contributed by atoms with van der Waals surface area (Å²) in [6.45, 7) is 4.43. The Morgan fingerprint density at radius 2 is 2.05 bits per heavy atom. The average molecular weight is 290 g/mol. The molecule has 0 aliphatic heterocycles. The number of hydrogen-bond acceptors (Lipinski definition) is 4. The molecule has 0 atom stereocenters. The number of ether oxygens (including phenoxy) is 1. The summed E-state index contributed by atoms with van der Waals surface area (Å²) in [7, 11) is 0. The van der Waals surface area contributed by atoms with Crippen LogP contribution in [-0.4, -0.2) is 21.6 Å². The summed E-state index contributed by atoms with van der Waals surface area (Å²) in [6, 6.07) is 3.70. The number of fused-ring (bicyclic) bond motifs is 1. The molecule has 0 saturated heterocycles. The number of rotatable bonds is 5. The van der Waals surface area contributed by atoms with Crippen molar-refractivity contribution >= 4 is 23.0 Å². The third-order valence-electron chi connectivity index (χ3n) is 3.27. The SMILES string of the molecule is CCCCn1c(OC(N)=O)nc2c(C(N)=O)c(C)ccc21. The first kappa shape index (κ1) is 14.8. The van der Waals surface area contributed by atoms with E-state index in [-0.39, 0.29) is 6.01 Å². The summed E-state index contributed by atoms with van der Waals surface area (Å²) in [5, 5.41) is 0. The van der Waals surface area contributed by atoms with E-state index in [1.807, 2.05) is 13.0 Å². The topological polar surface area (TPSA) is 113 Å². The van der Waals surface area contributed by atoms with E-state index in [0.717, 1.165) is 18.4 Å². The molecule has 2 aromatic rings. The van der Waals surface area contributed by atoms with Crippen LogP contribution in [0.4, 0.5) is 4.79 Å². The van der Waals surface area contributed by atoms with Gasteiger partial charge in [0.05, 0.1) is 11.1 Å². The Hall–Kier alpha value is -2.57. The van der Waals surface area contributed by atoms with Crippen LogP contribution < -0.4 is 16.2 Å². The van der Waals surface area contributed by atoms with Crippen molar-refractivity contribution in [3.8, 4) is 6.01 Å². The van der Waals surface area contributed by atoms with Crippen LogP contribution in [-0.2, 0) is 6.54 Å². The predicted molar refractivity (Wildman–Crippen MR) is 78.1 cm³/mol. The smallest absolute Gasteiger partial charge is 0.375 e. The molecule has 0 radical (unpaired) electrons. The number of carbonyl (C=O) groups excluding carboxylic acids is 2. The van der Waals surface area contributed by atoms with Gasteiger partial charge in [-0.1, -0.05) is 19.4 Å². The van der Waals surface area contributed by atoms with Crippen molar-refractivity contribution in [3.05, 3.63) is 23.3 Å². The summed E-state index contributed by atoms with van der Waals surface area (Å²) >= 11 is 0. The molecule has 2 rings (SSSR count). The van der Waals surface area contributed by atoms with E-state index in [1.54, 1.807) is 17.6 Å². The Kier molecular flexibility index (Phi) is 4.11. The molecule has 7 nitrogen and oxygen atoms in total. The summed E-state index contributed by atoms with van der Waals surface area (Å²) < 4.78 is 6.67. The van der Waals surface area contributed by atoms with Gasteiger partial charge in [0.2, 0.25) is 0 Å². The zero-order chi connectivity index (χ0) is 15.6. The van der Waals surface area contributed by atoms with Gasteiger partial charge in [-0.3, -0.25) is 9.36 Å². The van der Waals surface area contributed by atoms with Crippen LogP contribution in [0.3, 0.4) is 0 Å². The number of nitrogens with two attached hydrogens (primary N) is 2. The zero-order valence-electron chi connectivity index (χ0n) is 12.0. The number of amides is 2. The van der Waals surface area contributed by atoms with Crippen LogP contribution in [0.1, 0.15) is 35.7 Å². The van der Waals surface area contributed by atoms with E-state index >= 15 is 0 Å². The van der Waals surface area contributed by atoms with Gasteiger partial charge in [-0.15, -0.1) is 0 Å². The minimum Gasteiger partial charge on any atom is -0.375 e. The number of aromatic nitrogens is 2. The molecule has 2 amide bonds. The Bertz CT molecular complexity index is 706. The highest BCUT2D eigenvalue weighted by Crippen LogP contribution is 2.27. The predicted octanol–water partition coefficient (Wildman–Crippen LogP) is 1.70. The average Bonchev–Trinajstić information content (AvgIpc) is 2.72. The molecule has 7 heteroatoms. The first-order valence-electron chi connectivity index (χ1n) is 6.72. The maximum atomic E-state index is 11.6. The van der Waals surface area contributed by atoms with E-state index < -0.39 is 12.0 Å². The van der Waals surface area contributed by atoms with Crippen LogP contribution >= 0.6 is 0 Å². The maximum absolute atomic E-state index is 11.6. The highest BCUT2D eigenvalue weighted by atomic mass is 16.6. The summed E-state index contributed by atoms with van der Waals surface area (Å²) in [4.78, 5) is 26.9. The van der Waals surface area contributed by atoms with Crippen molar-refractivity contribution < 1.29 is 14.3 Å². The fourth-order valence-corrected chi connectivity index (χ4v) is 2.28. The van der Waals surface area contributed by atoms with Crippen molar-refractivity contribution in [1.29, 1.82) is 0 Å². The van der Waals surface area contributed by atoms with Gasteiger partial charge in [0.25, 0.3) is 5.91 Å². The molecule has 4 N–H and O–H groups in total. The lowest BCUT2D eigenvalue weighted by molar-refractivity contribution is 0.100. The highest BCUT2D eigenvalue weighted by molar-refractivity contribution is 6.05. The number of unbranched alkanes of at least 4 members (excludes halogenated alkanes) is 1. The van der Waals surface area contributed by atoms with Crippen LogP contribution in [0.5, 0.6) is 6.01 Å². The number of nitrogens with zero attached hydrogens (tertiary/aromatic N) is 2. The first-order valence-corrected chi connectivity index (χ1v) is 6.72. The quantitative estimate of drug-likeness (QED) is 0.872. The molecular weight excluding hydrogens is 272 g/mol. The van der Waals surface area contributed by atoms with Crippen molar-refractivity contribution in [2.24, 2.45) is 11.5 Å². The fourth-order valence-electron chi connectivity index (χ4n) is 2.28. The minimum absolute atomic E-state index is 0.0825. The standard InChI is InChI=1S/C14H18N4O3/c1-3-4-7-18-9-6-5-8(2)10(12(15)19)11(9)17-14(18)21-13(16)20/h5-6H,3-4,7H2,1-2H3,(H2,15,19)(H2,16,20). The monoisotopic (exact) mass is 290 g/mol. The highest BCUT2D eigenvalue weighted by Gasteiger charge is 2.19. The van der Waals surface area contributed by atoms with Crippen LogP contribution in [0.2, 0.25) is 0 Å². The lowest BCUT2D eigenvalue weighted by Crippen LogP contribution is -2.19. The second-order valence-corrected chi connectivity index (χ2v) is 4.81. The molecule has 0 aliphatic rings. The number of benzene rings is 1. The van der Waals surface area contributed by atoms with Crippen LogP contribution in [0.25, 0.3) is 11.0 Å². The van der Waals surface area contributed by atoms with E-state index in [4.69, 9.17) is 16.2 Å². The minimum atomic E-state index is -0.944. The zero-order valence-corrected chi connectivity index (χ0v) is 12.0. The van der Waals surface area contributed by atoms with Gasteiger partial charge in [0, 0.05) is 6.54 Å². The van der Waals surface area contributed by atoms with Crippen LogP contribution in [0.15, 0.2) is 12.1 Å². The Morgan fingerprint density at radius 1 is 1.33 bits per heavy atom. The molecule has 0 saturated carbocycles. The summed E-state index contributed by atoms with van der Waals surface area (Å²) in [6.07, 6.45) is 0.894. The normalized spacial score (nSPS) is 10.8. The number of imidazole rings is 1. The third kappa shape index (κ3) is 2.81. The molecule has 0 spiro atoms. The van der Waals surface area contributed by atoms with Crippen molar-refractivity contribution in [2.75, 3.05) is 0 Å². The molecule has 112 valence electrons. The molecule has 1 aromatic carbocycles. The third-order valence-corrected chi connectivity index (χ3v) is 3.27. The molecule has 0 fully saturated rings. The van der Waals surface area contributed by atoms with Crippen molar-refractivity contribution in [2.45, 2.75) is 33.2 Å². The summed E-state index contributed by atoms with van der Waals surface area (Å²) in [5.41, 5.74) is 12.7. The fraction of sp³-hybridized carbons (Fsp3) is 0.357. The number of carbonyl (C=O) groups is 2. The lowest BCUT2D eigenvalue weighted by Gasteiger charge is -2.07. The van der Waals surface area contributed by atoms with Crippen molar-refractivity contribution in [1.82, 2.24) is 9.55 Å². The number of primary amides is 2. The van der Waals surface area contributed by atoms with Gasteiger partial charge in [-0.2, -0.15) is 4.98 Å². The second-order valence-electron chi connectivity index (χ2n) is 4.81. The van der Waals surface area contributed by atoms with E-state index in [9.17, 15) is 9.59 Å².